The van der Waals surface area contributed by atoms with Gasteiger partial charge in [-0.15, -0.1) is 0 Å². The van der Waals surface area contributed by atoms with Gasteiger partial charge in [-0.3, -0.25) is 0 Å². The lowest BCUT2D eigenvalue weighted by atomic mass is 9.77. The zero-order valence-electron chi connectivity index (χ0n) is 22.0. The van der Waals surface area contributed by atoms with Crippen molar-refractivity contribution in [2.24, 2.45) is 29.6 Å². The molecule has 0 N–H and O–H groups in total. The molecule has 2 aliphatic carbocycles. The van der Waals surface area contributed by atoms with Gasteiger partial charge in [-0.1, -0.05) is 82.6 Å². The molecule has 2 rings (SSSR count). The molecule has 0 spiro atoms. The normalized spacial score (nSPS) is 24.2. The van der Waals surface area contributed by atoms with E-state index in [4.69, 9.17) is 0 Å². The topological polar surface area (TPSA) is 0 Å². The Kier molecular flexibility index (Phi) is 9.66. The first kappa shape index (κ1) is 26.0. The fourth-order valence-electron chi connectivity index (χ4n) is 5.73. The highest BCUT2D eigenvalue weighted by Crippen LogP contribution is 2.50. The summed E-state index contributed by atoms with van der Waals surface area (Å²) in [4.78, 5) is 0. The Morgan fingerprint density at radius 3 is 2.39 bits per heavy atom. The maximum Gasteiger partial charge on any atom is 0.00127 e. The van der Waals surface area contributed by atoms with E-state index in [1.54, 1.807) is 16.7 Å². The predicted molar refractivity (Wildman–Crippen MR) is 140 cm³/mol. The molecular weight excluding hydrogens is 372 g/mol. The second kappa shape index (κ2) is 11.5. The summed E-state index contributed by atoms with van der Waals surface area (Å²) in [6, 6.07) is 0. The van der Waals surface area contributed by atoms with Crippen molar-refractivity contribution in [3.63, 3.8) is 0 Å². The third-order valence-corrected chi connectivity index (χ3v) is 8.70. The number of hydrogen-bond donors (Lipinski definition) is 0. The molecule has 0 aromatic carbocycles. The summed E-state index contributed by atoms with van der Waals surface area (Å²) in [7, 11) is 0. The maximum absolute atomic E-state index is 4.50. The number of unbranched alkanes of at least 4 members (excludes halogenated alkanes) is 1. The monoisotopic (exact) mass is 422 g/mol. The second-order valence-electron chi connectivity index (χ2n) is 10.9. The first-order valence-corrected chi connectivity index (χ1v) is 13.0. The summed E-state index contributed by atoms with van der Waals surface area (Å²) in [5, 5.41) is 0. The zero-order chi connectivity index (χ0) is 23.3. The van der Waals surface area contributed by atoms with Crippen LogP contribution in [-0.2, 0) is 0 Å². The van der Waals surface area contributed by atoms with Crippen LogP contribution in [0.4, 0.5) is 0 Å². The van der Waals surface area contributed by atoms with Gasteiger partial charge in [0, 0.05) is 5.92 Å². The predicted octanol–water partition coefficient (Wildman–Crippen LogP) is 10.0. The Morgan fingerprint density at radius 1 is 1.13 bits per heavy atom. The first-order chi connectivity index (χ1) is 14.6. The van der Waals surface area contributed by atoms with Gasteiger partial charge in [-0.2, -0.15) is 0 Å². The van der Waals surface area contributed by atoms with Crippen LogP contribution in [0.5, 0.6) is 0 Å². The summed E-state index contributed by atoms with van der Waals surface area (Å²) >= 11 is 0. The van der Waals surface area contributed by atoms with Crippen molar-refractivity contribution < 1.29 is 0 Å². The molecule has 0 radical (unpaired) electrons. The molecule has 174 valence electrons. The van der Waals surface area contributed by atoms with Crippen LogP contribution in [0, 0.1) is 29.6 Å². The van der Waals surface area contributed by atoms with Crippen molar-refractivity contribution in [3.8, 4) is 0 Å². The minimum atomic E-state index is 0.620. The van der Waals surface area contributed by atoms with E-state index < -0.39 is 0 Å². The van der Waals surface area contributed by atoms with Crippen molar-refractivity contribution in [1.82, 2.24) is 0 Å². The zero-order valence-corrected chi connectivity index (χ0v) is 22.0. The van der Waals surface area contributed by atoms with E-state index in [-0.39, 0.29) is 0 Å². The highest BCUT2D eigenvalue weighted by Gasteiger charge is 2.37. The third kappa shape index (κ3) is 6.59. The van der Waals surface area contributed by atoms with Crippen molar-refractivity contribution in [2.45, 2.75) is 107 Å². The summed E-state index contributed by atoms with van der Waals surface area (Å²) in [6.07, 6.45) is 12.5. The number of allylic oxidation sites excluding steroid dienone is 8. The van der Waals surface area contributed by atoms with Gasteiger partial charge >= 0.3 is 0 Å². The lowest BCUT2D eigenvalue weighted by Crippen LogP contribution is -2.14. The number of rotatable bonds is 12. The van der Waals surface area contributed by atoms with Crippen LogP contribution in [0.3, 0.4) is 0 Å². The third-order valence-electron chi connectivity index (χ3n) is 8.70. The summed E-state index contributed by atoms with van der Waals surface area (Å²) < 4.78 is 0. The standard InChI is InChI=1S/C31H50/c1-11-27(21(4)5)16-17-29-19-18-28(23(7)24(29)8)14-12-13-15-30-26(10)31(30)25(9)22(6)20(2)3/h16,20,22,25,29-30H,4,8,11-15,17-19H2,1-3,5-7,9-10H3. The fourth-order valence-corrected chi connectivity index (χ4v) is 5.73. The fraction of sp³-hybridized carbons (Fsp3) is 0.677. The van der Waals surface area contributed by atoms with Crippen LogP contribution >= 0.6 is 0 Å². The molecule has 31 heavy (non-hydrogen) atoms. The SMILES string of the molecule is C=C(C)C(=CCC1CCC(CCCCC2C(C)=C2C(C)C(C)C(C)C)=C(C)C1=C)CC. The highest BCUT2D eigenvalue weighted by molar-refractivity contribution is 5.41. The molecule has 4 unspecified atom stereocenters. The van der Waals surface area contributed by atoms with Gasteiger partial charge < -0.3 is 0 Å². The summed E-state index contributed by atoms with van der Waals surface area (Å²) in [6.45, 7) is 27.3. The molecule has 0 aromatic heterocycles. The lowest BCUT2D eigenvalue weighted by molar-refractivity contribution is 0.329. The quantitative estimate of drug-likeness (QED) is 0.167. The molecule has 0 aliphatic heterocycles. The molecule has 0 fully saturated rings. The summed E-state index contributed by atoms with van der Waals surface area (Å²) in [5.74, 6) is 3.78. The lowest BCUT2D eigenvalue weighted by Gasteiger charge is -2.28. The van der Waals surface area contributed by atoms with Crippen LogP contribution < -0.4 is 0 Å². The second-order valence-corrected chi connectivity index (χ2v) is 10.9. The van der Waals surface area contributed by atoms with Crippen LogP contribution in [-0.4, -0.2) is 0 Å². The van der Waals surface area contributed by atoms with Crippen LogP contribution in [0.1, 0.15) is 107 Å². The average molecular weight is 423 g/mol. The Labute approximate surface area is 194 Å². The minimum Gasteiger partial charge on any atom is -0.0958 e. The van der Waals surface area contributed by atoms with E-state index >= 15 is 0 Å². The molecule has 0 amide bonds. The van der Waals surface area contributed by atoms with E-state index in [1.807, 2.05) is 0 Å². The van der Waals surface area contributed by atoms with Gasteiger partial charge in [0.05, 0.1) is 0 Å². The number of hydrogen-bond acceptors (Lipinski definition) is 0. The Morgan fingerprint density at radius 2 is 1.81 bits per heavy atom. The van der Waals surface area contributed by atoms with Gasteiger partial charge in [0.15, 0.2) is 0 Å². The van der Waals surface area contributed by atoms with Crippen LogP contribution in [0.25, 0.3) is 0 Å². The molecule has 2 aliphatic rings. The van der Waals surface area contributed by atoms with Crippen molar-refractivity contribution in [1.29, 1.82) is 0 Å². The molecular formula is C31H50. The molecule has 0 heteroatoms. The van der Waals surface area contributed by atoms with Crippen molar-refractivity contribution in [2.75, 3.05) is 0 Å². The van der Waals surface area contributed by atoms with E-state index in [0.29, 0.717) is 5.92 Å². The Balaban J connectivity index is 1.79. The molecule has 0 heterocycles. The molecule has 0 saturated carbocycles. The first-order valence-electron chi connectivity index (χ1n) is 13.0. The summed E-state index contributed by atoms with van der Waals surface area (Å²) in [5.41, 5.74) is 10.7. The van der Waals surface area contributed by atoms with Crippen molar-refractivity contribution in [3.05, 3.63) is 58.2 Å². The molecule has 0 nitrogen and oxygen atoms in total. The molecule has 0 saturated heterocycles. The van der Waals surface area contributed by atoms with E-state index in [9.17, 15) is 0 Å². The maximum atomic E-state index is 4.50. The molecule has 0 bridgehead atoms. The largest absolute Gasteiger partial charge is 0.0958 e. The van der Waals surface area contributed by atoms with E-state index in [0.717, 1.165) is 36.5 Å². The molecule has 4 atom stereocenters. The Hall–Kier alpha value is -1.30. The minimum absolute atomic E-state index is 0.620. The highest BCUT2D eigenvalue weighted by atomic mass is 14.4. The van der Waals surface area contributed by atoms with Gasteiger partial charge in [0.25, 0.3) is 0 Å². The smallest absolute Gasteiger partial charge is 0.00127 e. The average Bonchev–Trinajstić information content (AvgIpc) is 3.37. The Bertz CT molecular complexity index is 751. The van der Waals surface area contributed by atoms with Crippen LogP contribution in [0.2, 0.25) is 0 Å². The van der Waals surface area contributed by atoms with E-state index in [2.05, 4.69) is 74.6 Å². The molecule has 0 aromatic rings. The van der Waals surface area contributed by atoms with Gasteiger partial charge in [-0.05, 0) is 106 Å². The van der Waals surface area contributed by atoms with E-state index in [1.165, 1.54) is 60.8 Å². The van der Waals surface area contributed by atoms with Crippen molar-refractivity contribution >= 4 is 0 Å². The van der Waals surface area contributed by atoms with Crippen LogP contribution in [0.15, 0.2) is 58.2 Å². The van der Waals surface area contributed by atoms with Gasteiger partial charge in [0.2, 0.25) is 0 Å². The van der Waals surface area contributed by atoms with Gasteiger partial charge in [-0.25, -0.2) is 0 Å². The van der Waals surface area contributed by atoms with Gasteiger partial charge in [0.1, 0.15) is 0 Å².